The topological polar surface area (TPSA) is 77.7 Å². The molecule has 0 bridgehead atoms. The van der Waals surface area contributed by atoms with E-state index in [1.54, 1.807) is 0 Å². The number of carbonyl (C=O) groups is 1. The molecule has 0 aliphatic carbocycles. The zero-order valence-electron chi connectivity index (χ0n) is 18.2. The summed E-state index contributed by atoms with van der Waals surface area (Å²) in [5.41, 5.74) is 11.0. The summed E-state index contributed by atoms with van der Waals surface area (Å²) in [5.74, 6) is 1.23. The maximum absolute atomic E-state index is 13.8. The fourth-order valence-corrected chi connectivity index (χ4v) is 5.85. The van der Waals surface area contributed by atoms with Gasteiger partial charge in [0.1, 0.15) is 5.82 Å². The second-order valence-electron chi connectivity index (χ2n) is 9.14. The van der Waals surface area contributed by atoms with Crippen LogP contribution in [0.5, 0.6) is 0 Å². The smallest absolute Gasteiger partial charge is 0.254 e. The molecule has 6 nitrogen and oxygen atoms in total. The van der Waals surface area contributed by atoms with E-state index in [-0.39, 0.29) is 18.1 Å². The van der Waals surface area contributed by atoms with Crippen LogP contribution in [0.15, 0.2) is 48.5 Å². The molecule has 4 heterocycles. The molecule has 0 spiro atoms. The number of nitrogens with two attached hydrogens (primary N) is 1. The van der Waals surface area contributed by atoms with Crippen LogP contribution in [-0.2, 0) is 16.1 Å². The zero-order chi connectivity index (χ0) is 21.8. The number of benzene rings is 2. The Morgan fingerprint density at radius 3 is 2.88 bits per heavy atom. The number of nitrogens with zero attached hydrogens (tertiary/aromatic N) is 2. The molecule has 32 heavy (non-hydrogen) atoms. The molecular weight excluding hydrogens is 402 g/mol. The van der Waals surface area contributed by atoms with Crippen LogP contribution in [0, 0.1) is 5.92 Å². The van der Waals surface area contributed by atoms with Crippen LogP contribution in [0.25, 0.3) is 10.9 Å². The Bertz CT molecular complexity index is 1200. The van der Waals surface area contributed by atoms with Gasteiger partial charge in [-0.15, -0.1) is 0 Å². The fourth-order valence-electron chi connectivity index (χ4n) is 5.85. The van der Waals surface area contributed by atoms with E-state index in [2.05, 4.69) is 34.1 Å². The number of pyridine rings is 1. The van der Waals surface area contributed by atoms with E-state index in [0.717, 1.165) is 35.0 Å². The van der Waals surface area contributed by atoms with Gasteiger partial charge in [-0.1, -0.05) is 30.3 Å². The van der Waals surface area contributed by atoms with Crippen molar-refractivity contribution >= 4 is 22.6 Å². The van der Waals surface area contributed by atoms with E-state index in [9.17, 15) is 4.79 Å². The minimum atomic E-state index is -0.0746. The Balaban J connectivity index is 1.37. The van der Waals surface area contributed by atoms with Gasteiger partial charge in [-0.3, -0.25) is 4.79 Å². The first kappa shape index (κ1) is 19.7. The van der Waals surface area contributed by atoms with Gasteiger partial charge in [0.05, 0.1) is 24.8 Å². The van der Waals surface area contributed by atoms with Crippen molar-refractivity contribution in [3.05, 3.63) is 70.8 Å². The average molecular weight is 430 g/mol. The van der Waals surface area contributed by atoms with Gasteiger partial charge in [0.15, 0.2) is 0 Å². The van der Waals surface area contributed by atoms with Crippen LogP contribution >= 0.6 is 0 Å². The molecule has 0 radical (unpaired) electrons. The van der Waals surface area contributed by atoms with E-state index in [1.165, 1.54) is 5.56 Å². The number of hydrogen-bond acceptors (Lipinski definition) is 5. The van der Waals surface area contributed by atoms with Gasteiger partial charge in [-0.2, -0.15) is 0 Å². The largest absolute Gasteiger partial charge is 0.383 e. The molecule has 1 aromatic heterocycles. The van der Waals surface area contributed by atoms with Gasteiger partial charge in [-0.05, 0) is 42.7 Å². The maximum atomic E-state index is 13.8. The third-order valence-electron chi connectivity index (χ3n) is 7.46. The van der Waals surface area contributed by atoms with E-state index in [1.807, 2.05) is 31.2 Å². The first-order valence-electron chi connectivity index (χ1n) is 11.4. The highest BCUT2D eigenvalue weighted by Gasteiger charge is 2.46. The van der Waals surface area contributed by atoms with Crippen molar-refractivity contribution in [1.82, 2.24) is 9.88 Å². The Morgan fingerprint density at radius 1 is 1.19 bits per heavy atom. The molecule has 2 aromatic carbocycles. The maximum Gasteiger partial charge on any atom is 0.254 e. The van der Waals surface area contributed by atoms with Crippen molar-refractivity contribution in [2.45, 2.75) is 38.0 Å². The lowest BCUT2D eigenvalue weighted by molar-refractivity contribution is 0.0189. The Labute approximate surface area is 187 Å². The molecule has 2 fully saturated rings. The summed E-state index contributed by atoms with van der Waals surface area (Å²) < 4.78 is 11.6. The number of fused-ring (bicyclic) bond motifs is 4. The van der Waals surface area contributed by atoms with Gasteiger partial charge in [-0.25, -0.2) is 4.98 Å². The molecule has 6 heteroatoms. The Hall–Kier alpha value is -2.96. The quantitative estimate of drug-likeness (QED) is 0.665. The van der Waals surface area contributed by atoms with E-state index in [4.69, 9.17) is 15.2 Å². The van der Waals surface area contributed by atoms with Crippen LogP contribution in [0.3, 0.4) is 0 Å². The summed E-state index contributed by atoms with van der Waals surface area (Å²) in [6.45, 7) is 4.62. The molecule has 0 saturated carbocycles. The van der Waals surface area contributed by atoms with Crippen molar-refractivity contribution in [2.24, 2.45) is 5.92 Å². The van der Waals surface area contributed by atoms with Gasteiger partial charge in [0, 0.05) is 47.5 Å². The van der Waals surface area contributed by atoms with Gasteiger partial charge in [0.2, 0.25) is 0 Å². The van der Waals surface area contributed by atoms with E-state index in [0.29, 0.717) is 43.0 Å². The van der Waals surface area contributed by atoms with E-state index < -0.39 is 0 Å². The van der Waals surface area contributed by atoms with Crippen molar-refractivity contribution in [2.75, 3.05) is 25.5 Å². The minimum Gasteiger partial charge on any atom is -0.383 e. The fraction of sp³-hybridized carbons (Fsp3) is 0.385. The summed E-state index contributed by atoms with van der Waals surface area (Å²) in [5, 5.41) is 0.965. The number of rotatable bonds is 2. The Morgan fingerprint density at radius 2 is 2.03 bits per heavy atom. The third-order valence-corrected chi connectivity index (χ3v) is 7.46. The molecule has 0 unspecified atom stereocenters. The van der Waals surface area contributed by atoms with Crippen molar-refractivity contribution in [1.29, 1.82) is 0 Å². The lowest BCUT2D eigenvalue weighted by Crippen LogP contribution is -2.42. The number of ether oxygens (including phenoxy) is 2. The number of likely N-dealkylation sites (tertiary alicyclic amines) is 1. The molecule has 3 aliphatic rings. The number of hydrogen-bond donors (Lipinski definition) is 1. The molecule has 6 rings (SSSR count). The standard InChI is InChI=1S/C26H27N3O3/c1-15-24-21(14-32-15)18-11-17(7-8-22(18)28-25(24)27)26(30)29-12-19(16-5-3-2-4-6-16)20-13-31-10-9-23(20)29/h2-8,11,15,19-20,23H,9-10,12-14H2,1H3,(H2,27,28)/t15-,19-,20+,23-/m1/s1. The third kappa shape index (κ3) is 3.01. The molecule has 3 aromatic rings. The summed E-state index contributed by atoms with van der Waals surface area (Å²) >= 11 is 0. The number of amides is 1. The van der Waals surface area contributed by atoms with Gasteiger partial charge >= 0.3 is 0 Å². The van der Waals surface area contributed by atoms with Crippen LogP contribution in [0.4, 0.5) is 5.82 Å². The lowest BCUT2D eigenvalue weighted by Gasteiger charge is -2.32. The predicted molar refractivity (Wildman–Crippen MR) is 122 cm³/mol. The number of anilines is 1. The predicted octanol–water partition coefficient (Wildman–Crippen LogP) is 4.05. The molecule has 2 saturated heterocycles. The number of nitrogen functional groups attached to an aromatic ring is 1. The van der Waals surface area contributed by atoms with Crippen LogP contribution < -0.4 is 5.73 Å². The van der Waals surface area contributed by atoms with Crippen molar-refractivity contribution < 1.29 is 14.3 Å². The van der Waals surface area contributed by atoms with Crippen LogP contribution in [0.2, 0.25) is 0 Å². The average Bonchev–Trinajstić information content (AvgIpc) is 3.41. The summed E-state index contributed by atoms with van der Waals surface area (Å²) in [6, 6.07) is 16.5. The number of carbonyl (C=O) groups excluding carboxylic acids is 1. The normalized spacial score (nSPS) is 26.8. The highest BCUT2D eigenvalue weighted by atomic mass is 16.5. The molecular formula is C26H27N3O3. The summed E-state index contributed by atoms with van der Waals surface area (Å²) in [4.78, 5) is 20.4. The van der Waals surface area contributed by atoms with Crippen LogP contribution in [0.1, 0.15) is 52.4 Å². The van der Waals surface area contributed by atoms with Crippen LogP contribution in [-0.4, -0.2) is 41.6 Å². The molecule has 3 aliphatic heterocycles. The van der Waals surface area contributed by atoms with Crippen molar-refractivity contribution in [3.8, 4) is 0 Å². The van der Waals surface area contributed by atoms with Gasteiger partial charge < -0.3 is 20.1 Å². The minimum absolute atomic E-state index is 0.0746. The van der Waals surface area contributed by atoms with Gasteiger partial charge in [0.25, 0.3) is 5.91 Å². The van der Waals surface area contributed by atoms with Crippen molar-refractivity contribution in [3.63, 3.8) is 0 Å². The lowest BCUT2D eigenvalue weighted by atomic mass is 9.84. The highest BCUT2D eigenvalue weighted by molar-refractivity contribution is 5.99. The number of aromatic nitrogens is 1. The monoisotopic (exact) mass is 429 g/mol. The first-order valence-corrected chi connectivity index (χ1v) is 11.4. The second kappa shape index (κ2) is 7.57. The first-order chi connectivity index (χ1) is 15.6. The Kier molecular flexibility index (Phi) is 4.66. The second-order valence-corrected chi connectivity index (χ2v) is 9.14. The van der Waals surface area contributed by atoms with E-state index >= 15 is 0 Å². The SMILES string of the molecule is C[C@H]1OCc2c1c(N)nc1ccc(C(=O)N3C[C@H](c4ccccc4)[C@@H]4COCC[C@H]43)cc21. The molecule has 1 amide bonds. The summed E-state index contributed by atoms with van der Waals surface area (Å²) in [6.07, 6.45) is 0.807. The molecule has 4 atom stereocenters. The molecule has 2 N–H and O–H groups in total. The highest BCUT2D eigenvalue weighted by Crippen LogP contribution is 2.42. The summed E-state index contributed by atoms with van der Waals surface area (Å²) in [7, 11) is 0. The molecule has 164 valence electrons. The zero-order valence-corrected chi connectivity index (χ0v) is 18.2.